The number of halogens is 1. The van der Waals surface area contributed by atoms with Gasteiger partial charge in [-0.3, -0.25) is 4.79 Å². The lowest BCUT2D eigenvalue weighted by Crippen LogP contribution is -2.50. The molecule has 4 nitrogen and oxygen atoms in total. The zero-order valence-electron chi connectivity index (χ0n) is 13.3. The van der Waals surface area contributed by atoms with Crippen LogP contribution in [0.4, 0.5) is 0 Å². The highest BCUT2D eigenvalue weighted by Gasteiger charge is 2.39. The maximum Gasteiger partial charge on any atom is 0.228 e. The SMILES string of the molecule is COCC1(C(=O)NCCCc2ccccc2)CCNCC1.Cl. The molecule has 0 aliphatic carbocycles. The van der Waals surface area contributed by atoms with Crippen molar-refractivity contribution in [3.05, 3.63) is 35.9 Å². The van der Waals surface area contributed by atoms with Crippen LogP contribution in [-0.2, 0) is 16.0 Å². The van der Waals surface area contributed by atoms with Crippen LogP contribution in [0.3, 0.4) is 0 Å². The van der Waals surface area contributed by atoms with E-state index in [1.165, 1.54) is 5.56 Å². The fraction of sp³-hybridized carbons (Fsp3) is 0.588. The second-order valence-corrected chi connectivity index (χ2v) is 5.81. The Kier molecular flexibility index (Phi) is 8.46. The zero-order chi connectivity index (χ0) is 15.0. The second-order valence-electron chi connectivity index (χ2n) is 5.81. The Bertz CT molecular complexity index is 428. The van der Waals surface area contributed by atoms with Gasteiger partial charge in [0.1, 0.15) is 0 Å². The molecule has 0 bridgehead atoms. The van der Waals surface area contributed by atoms with E-state index >= 15 is 0 Å². The van der Waals surface area contributed by atoms with E-state index in [1.54, 1.807) is 7.11 Å². The fourth-order valence-corrected chi connectivity index (χ4v) is 2.95. The average Bonchev–Trinajstić information content (AvgIpc) is 2.53. The van der Waals surface area contributed by atoms with E-state index in [4.69, 9.17) is 4.74 Å². The number of amides is 1. The Morgan fingerprint density at radius 1 is 1.27 bits per heavy atom. The third-order valence-electron chi connectivity index (χ3n) is 4.23. The van der Waals surface area contributed by atoms with Crippen LogP contribution in [0.2, 0.25) is 0 Å². The minimum Gasteiger partial charge on any atom is -0.384 e. The largest absolute Gasteiger partial charge is 0.384 e. The van der Waals surface area contributed by atoms with Gasteiger partial charge in [-0.1, -0.05) is 30.3 Å². The van der Waals surface area contributed by atoms with Crippen LogP contribution >= 0.6 is 12.4 Å². The highest BCUT2D eigenvalue weighted by Crippen LogP contribution is 2.29. The topological polar surface area (TPSA) is 50.4 Å². The van der Waals surface area contributed by atoms with Crippen LogP contribution in [-0.4, -0.2) is 39.3 Å². The van der Waals surface area contributed by atoms with Gasteiger partial charge >= 0.3 is 0 Å². The van der Waals surface area contributed by atoms with Crippen molar-refractivity contribution in [1.29, 1.82) is 0 Å². The molecule has 1 aromatic rings. The van der Waals surface area contributed by atoms with Gasteiger partial charge in [0.2, 0.25) is 5.91 Å². The van der Waals surface area contributed by atoms with Crippen molar-refractivity contribution in [2.24, 2.45) is 5.41 Å². The van der Waals surface area contributed by atoms with Gasteiger partial charge in [0, 0.05) is 13.7 Å². The second kappa shape index (κ2) is 9.82. The first-order valence-electron chi connectivity index (χ1n) is 7.79. The van der Waals surface area contributed by atoms with Crippen molar-refractivity contribution in [3.63, 3.8) is 0 Å². The molecule has 1 saturated heterocycles. The number of aryl methyl sites for hydroxylation is 1. The van der Waals surface area contributed by atoms with Crippen LogP contribution in [0.5, 0.6) is 0 Å². The van der Waals surface area contributed by atoms with Crippen molar-refractivity contribution in [2.45, 2.75) is 25.7 Å². The highest BCUT2D eigenvalue weighted by molar-refractivity contribution is 5.85. The average molecular weight is 327 g/mol. The van der Waals surface area contributed by atoms with Gasteiger partial charge in [-0.05, 0) is 44.3 Å². The molecule has 5 heteroatoms. The molecule has 0 saturated carbocycles. The summed E-state index contributed by atoms with van der Waals surface area (Å²) >= 11 is 0. The molecule has 0 spiro atoms. The molecule has 2 rings (SSSR count). The predicted molar refractivity (Wildman–Crippen MR) is 91.4 cm³/mol. The van der Waals surface area contributed by atoms with Gasteiger partial charge in [0.15, 0.2) is 0 Å². The molecule has 2 N–H and O–H groups in total. The van der Waals surface area contributed by atoms with Crippen LogP contribution in [0, 0.1) is 5.41 Å². The molecule has 1 heterocycles. The first-order valence-corrected chi connectivity index (χ1v) is 7.79. The number of hydrogen-bond acceptors (Lipinski definition) is 3. The number of methoxy groups -OCH3 is 1. The summed E-state index contributed by atoms with van der Waals surface area (Å²) in [6.07, 6.45) is 3.67. The normalized spacial score (nSPS) is 16.6. The van der Waals surface area contributed by atoms with Gasteiger partial charge in [-0.15, -0.1) is 12.4 Å². The number of benzene rings is 1. The minimum absolute atomic E-state index is 0. The lowest BCUT2D eigenvalue weighted by molar-refractivity contribution is -0.136. The van der Waals surface area contributed by atoms with Gasteiger partial charge in [0.25, 0.3) is 0 Å². The van der Waals surface area contributed by atoms with Gasteiger partial charge < -0.3 is 15.4 Å². The Balaban J connectivity index is 0.00000242. The van der Waals surface area contributed by atoms with Crippen molar-refractivity contribution >= 4 is 18.3 Å². The maximum absolute atomic E-state index is 12.5. The maximum atomic E-state index is 12.5. The summed E-state index contributed by atoms with van der Waals surface area (Å²) in [5.74, 6) is 0.152. The van der Waals surface area contributed by atoms with Gasteiger partial charge in [-0.2, -0.15) is 0 Å². The minimum atomic E-state index is -0.341. The van der Waals surface area contributed by atoms with Gasteiger partial charge in [0.05, 0.1) is 12.0 Å². The highest BCUT2D eigenvalue weighted by atomic mass is 35.5. The first kappa shape index (κ1) is 18.9. The van der Waals surface area contributed by atoms with E-state index in [0.717, 1.165) is 45.3 Å². The van der Waals surface area contributed by atoms with E-state index in [9.17, 15) is 4.79 Å². The van der Waals surface area contributed by atoms with Crippen LogP contribution in [0.15, 0.2) is 30.3 Å². The molecule has 22 heavy (non-hydrogen) atoms. The fourth-order valence-electron chi connectivity index (χ4n) is 2.95. The number of nitrogens with one attached hydrogen (secondary N) is 2. The van der Waals surface area contributed by atoms with E-state index in [-0.39, 0.29) is 23.7 Å². The summed E-state index contributed by atoms with van der Waals surface area (Å²) in [4.78, 5) is 12.5. The molecule has 1 amide bonds. The summed E-state index contributed by atoms with van der Waals surface area (Å²) in [7, 11) is 1.67. The standard InChI is InChI=1S/C17H26N2O2.ClH/c1-21-14-17(9-12-18-13-10-17)16(20)19-11-5-8-15-6-3-2-4-7-15;/h2-4,6-7,18H,5,8-14H2,1H3,(H,19,20);1H. The molecule has 1 aliphatic rings. The molecule has 0 aromatic heterocycles. The number of carbonyl (C=O) groups excluding carboxylic acids is 1. The predicted octanol–water partition coefficient (Wildman–Crippen LogP) is 2.17. The molecular formula is C17H27ClN2O2. The number of rotatable bonds is 7. The monoisotopic (exact) mass is 326 g/mol. The summed E-state index contributed by atoms with van der Waals surface area (Å²) in [5.41, 5.74) is 0.979. The Morgan fingerprint density at radius 2 is 1.95 bits per heavy atom. The van der Waals surface area contributed by atoms with Crippen molar-refractivity contribution in [3.8, 4) is 0 Å². The molecule has 124 valence electrons. The Labute approximate surface area is 139 Å². The molecular weight excluding hydrogens is 300 g/mol. The van der Waals surface area contributed by atoms with E-state index in [0.29, 0.717) is 6.61 Å². The molecule has 0 radical (unpaired) electrons. The number of piperidine rings is 1. The van der Waals surface area contributed by atoms with E-state index in [1.807, 2.05) is 6.07 Å². The Morgan fingerprint density at radius 3 is 2.59 bits per heavy atom. The van der Waals surface area contributed by atoms with Crippen LogP contribution in [0.1, 0.15) is 24.8 Å². The van der Waals surface area contributed by atoms with E-state index in [2.05, 4.69) is 34.9 Å². The van der Waals surface area contributed by atoms with Crippen LogP contribution < -0.4 is 10.6 Å². The number of carbonyl (C=O) groups is 1. The lowest BCUT2D eigenvalue weighted by Gasteiger charge is -2.35. The summed E-state index contributed by atoms with van der Waals surface area (Å²) < 4.78 is 5.29. The molecule has 1 aliphatic heterocycles. The third kappa shape index (κ3) is 5.27. The first-order chi connectivity index (χ1) is 10.3. The van der Waals surface area contributed by atoms with Crippen molar-refractivity contribution in [2.75, 3.05) is 33.4 Å². The number of hydrogen-bond donors (Lipinski definition) is 2. The van der Waals surface area contributed by atoms with Crippen LogP contribution in [0.25, 0.3) is 0 Å². The number of ether oxygens (including phenoxy) is 1. The smallest absolute Gasteiger partial charge is 0.228 e. The molecule has 1 fully saturated rings. The summed E-state index contributed by atoms with van der Waals surface area (Å²) in [6.45, 7) is 3.02. The molecule has 0 atom stereocenters. The Hall–Kier alpha value is -1.10. The lowest BCUT2D eigenvalue weighted by atomic mass is 9.78. The quantitative estimate of drug-likeness (QED) is 0.755. The van der Waals surface area contributed by atoms with Crippen molar-refractivity contribution < 1.29 is 9.53 Å². The van der Waals surface area contributed by atoms with Gasteiger partial charge in [-0.25, -0.2) is 0 Å². The van der Waals surface area contributed by atoms with E-state index < -0.39 is 0 Å². The molecule has 0 unspecified atom stereocenters. The summed E-state index contributed by atoms with van der Waals surface area (Å²) in [6, 6.07) is 10.4. The third-order valence-corrected chi connectivity index (χ3v) is 4.23. The van der Waals surface area contributed by atoms with Crippen molar-refractivity contribution in [1.82, 2.24) is 10.6 Å². The zero-order valence-corrected chi connectivity index (χ0v) is 14.1. The molecule has 1 aromatic carbocycles. The summed E-state index contributed by atoms with van der Waals surface area (Å²) in [5, 5.41) is 6.41.